The van der Waals surface area contributed by atoms with Crippen LogP contribution in [0.3, 0.4) is 0 Å². The lowest BCUT2D eigenvalue weighted by molar-refractivity contribution is -0.132. The molecule has 5 heteroatoms. The molecule has 1 aliphatic heterocycles. The van der Waals surface area contributed by atoms with Gasteiger partial charge in [-0.2, -0.15) is 0 Å². The first-order valence-electron chi connectivity index (χ1n) is 9.90. The quantitative estimate of drug-likeness (QED) is 0.696. The average Bonchev–Trinajstić information content (AvgIpc) is 3.16. The third kappa shape index (κ3) is 3.87. The minimum Gasteiger partial charge on any atom is -0.342 e. The van der Waals surface area contributed by atoms with E-state index in [1.165, 1.54) is 11.1 Å². The van der Waals surface area contributed by atoms with Crippen LogP contribution in [0, 0.1) is 0 Å². The molecule has 5 nitrogen and oxygen atoms in total. The average molecular weight is 362 g/mol. The van der Waals surface area contributed by atoms with Crippen molar-refractivity contribution in [1.29, 1.82) is 0 Å². The molecule has 3 heterocycles. The lowest BCUT2D eigenvalue weighted by Crippen LogP contribution is -2.39. The molecule has 1 aromatic carbocycles. The van der Waals surface area contributed by atoms with Gasteiger partial charge in [-0.15, -0.1) is 10.2 Å². The number of aryl methyl sites for hydroxylation is 2. The number of benzene rings is 1. The first kappa shape index (κ1) is 17.7. The lowest BCUT2D eigenvalue weighted by atomic mass is 9.96. The summed E-state index contributed by atoms with van der Waals surface area (Å²) in [5, 5.41) is 8.66. The number of fused-ring (bicyclic) bond motifs is 1. The molecule has 1 unspecified atom stereocenters. The number of carbonyl (C=O) groups is 1. The lowest BCUT2D eigenvalue weighted by Gasteiger charge is -2.32. The molecule has 1 amide bonds. The second-order valence-electron chi connectivity index (χ2n) is 7.34. The van der Waals surface area contributed by atoms with Crippen LogP contribution in [0.1, 0.15) is 49.1 Å². The third-order valence-corrected chi connectivity index (χ3v) is 5.54. The molecule has 0 bridgehead atoms. The summed E-state index contributed by atoms with van der Waals surface area (Å²) in [4.78, 5) is 14.8. The molecule has 1 atom stereocenters. The van der Waals surface area contributed by atoms with E-state index >= 15 is 0 Å². The van der Waals surface area contributed by atoms with E-state index in [0.29, 0.717) is 6.42 Å². The number of rotatable bonds is 5. The van der Waals surface area contributed by atoms with Gasteiger partial charge in [0, 0.05) is 31.6 Å². The standard InChI is InChI=1S/C22H26N4O/c1-2-17-8-10-18(11-9-17)12-13-21(27)25-14-5-6-19(16-25)22-24-23-20-7-3-4-15-26(20)22/h3-4,7-11,15,19H,2,5-6,12-14,16H2,1H3. The number of carbonyl (C=O) groups excluding carboxylic acids is 1. The number of pyridine rings is 1. The summed E-state index contributed by atoms with van der Waals surface area (Å²) >= 11 is 0. The largest absolute Gasteiger partial charge is 0.342 e. The van der Waals surface area contributed by atoms with E-state index in [9.17, 15) is 4.79 Å². The first-order valence-corrected chi connectivity index (χ1v) is 9.90. The van der Waals surface area contributed by atoms with E-state index in [-0.39, 0.29) is 11.8 Å². The Labute approximate surface area is 160 Å². The molecular formula is C22H26N4O. The minimum absolute atomic E-state index is 0.244. The molecule has 3 aromatic rings. The minimum atomic E-state index is 0.244. The fraction of sp³-hybridized carbons (Fsp3) is 0.409. The van der Waals surface area contributed by atoms with E-state index in [0.717, 1.165) is 50.2 Å². The van der Waals surface area contributed by atoms with Crippen LogP contribution in [-0.2, 0) is 17.6 Å². The molecule has 27 heavy (non-hydrogen) atoms. The fourth-order valence-electron chi connectivity index (χ4n) is 3.90. The van der Waals surface area contributed by atoms with Crippen LogP contribution in [0.15, 0.2) is 48.7 Å². The van der Waals surface area contributed by atoms with E-state index < -0.39 is 0 Å². The van der Waals surface area contributed by atoms with Crippen molar-refractivity contribution in [3.05, 3.63) is 65.6 Å². The molecule has 0 aliphatic carbocycles. The maximum atomic E-state index is 12.8. The highest BCUT2D eigenvalue weighted by Crippen LogP contribution is 2.26. The van der Waals surface area contributed by atoms with Crippen molar-refractivity contribution in [2.24, 2.45) is 0 Å². The predicted octanol–water partition coefficient (Wildman–Crippen LogP) is 3.63. The van der Waals surface area contributed by atoms with Crippen molar-refractivity contribution in [2.75, 3.05) is 13.1 Å². The Balaban J connectivity index is 1.39. The zero-order chi connectivity index (χ0) is 18.6. The van der Waals surface area contributed by atoms with Crippen LogP contribution >= 0.6 is 0 Å². The number of nitrogens with zero attached hydrogens (tertiary/aromatic N) is 4. The smallest absolute Gasteiger partial charge is 0.222 e. The van der Waals surface area contributed by atoms with Crippen molar-refractivity contribution < 1.29 is 4.79 Å². The highest BCUT2D eigenvalue weighted by Gasteiger charge is 2.27. The van der Waals surface area contributed by atoms with Gasteiger partial charge in [0.25, 0.3) is 0 Å². The molecule has 0 spiro atoms. The SMILES string of the molecule is CCc1ccc(CCC(=O)N2CCCC(c3nnc4ccccn34)C2)cc1. The zero-order valence-corrected chi connectivity index (χ0v) is 15.8. The van der Waals surface area contributed by atoms with Gasteiger partial charge in [-0.1, -0.05) is 37.3 Å². The van der Waals surface area contributed by atoms with Crippen LogP contribution in [0.2, 0.25) is 0 Å². The highest BCUT2D eigenvalue weighted by molar-refractivity contribution is 5.76. The molecule has 0 radical (unpaired) electrons. The zero-order valence-electron chi connectivity index (χ0n) is 15.8. The predicted molar refractivity (Wildman–Crippen MR) is 106 cm³/mol. The molecule has 0 saturated carbocycles. The van der Waals surface area contributed by atoms with Crippen LogP contribution < -0.4 is 0 Å². The molecule has 1 aliphatic rings. The Morgan fingerprint density at radius 2 is 1.93 bits per heavy atom. The van der Waals surface area contributed by atoms with Gasteiger partial charge in [0.2, 0.25) is 5.91 Å². The number of amides is 1. The van der Waals surface area contributed by atoms with Gasteiger partial charge in [-0.25, -0.2) is 0 Å². The maximum absolute atomic E-state index is 12.8. The van der Waals surface area contributed by atoms with Gasteiger partial charge in [-0.05, 0) is 48.9 Å². The Hall–Kier alpha value is -2.69. The van der Waals surface area contributed by atoms with Gasteiger partial charge >= 0.3 is 0 Å². The molecular weight excluding hydrogens is 336 g/mol. The van der Waals surface area contributed by atoms with E-state index in [1.807, 2.05) is 33.7 Å². The number of likely N-dealkylation sites (tertiary alicyclic amines) is 1. The summed E-state index contributed by atoms with van der Waals surface area (Å²) in [5.74, 6) is 1.47. The summed E-state index contributed by atoms with van der Waals surface area (Å²) in [6.07, 6.45) is 6.50. The molecule has 1 fully saturated rings. The van der Waals surface area contributed by atoms with Crippen LogP contribution in [0.5, 0.6) is 0 Å². The summed E-state index contributed by atoms with van der Waals surface area (Å²) in [5.41, 5.74) is 3.44. The van der Waals surface area contributed by atoms with E-state index in [1.54, 1.807) is 0 Å². The number of piperidine rings is 1. The Morgan fingerprint density at radius 3 is 2.74 bits per heavy atom. The normalized spacial score (nSPS) is 17.4. The van der Waals surface area contributed by atoms with Crippen LogP contribution in [0.25, 0.3) is 5.65 Å². The summed E-state index contributed by atoms with van der Waals surface area (Å²) < 4.78 is 2.05. The molecule has 140 valence electrons. The number of aromatic nitrogens is 3. The molecule has 1 saturated heterocycles. The monoisotopic (exact) mass is 362 g/mol. The van der Waals surface area contributed by atoms with Gasteiger partial charge in [0.15, 0.2) is 5.65 Å². The molecule has 0 N–H and O–H groups in total. The number of hydrogen-bond acceptors (Lipinski definition) is 3. The summed E-state index contributed by atoms with van der Waals surface area (Å²) in [6, 6.07) is 14.5. The Morgan fingerprint density at radius 1 is 1.11 bits per heavy atom. The molecule has 2 aromatic heterocycles. The van der Waals surface area contributed by atoms with Gasteiger partial charge in [0.1, 0.15) is 5.82 Å². The van der Waals surface area contributed by atoms with Crippen LogP contribution in [-0.4, -0.2) is 38.5 Å². The number of hydrogen-bond donors (Lipinski definition) is 0. The van der Waals surface area contributed by atoms with E-state index in [2.05, 4.69) is 41.4 Å². The van der Waals surface area contributed by atoms with Crippen molar-refractivity contribution in [3.8, 4) is 0 Å². The summed E-state index contributed by atoms with van der Waals surface area (Å²) in [7, 11) is 0. The van der Waals surface area contributed by atoms with E-state index in [4.69, 9.17) is 0 Å². The maximum Gasteiger partial charge on any atom is 0.222 e. The third-order valence-electron chi connectivity index (χ3n) is 5.54. The molecule has 4 rings (SSSR count). The van der Waals surface area contributed by atoms with Crippen molar-refractivity contribution in [3.63, 3.8) is 0 Å². The second-order valence-corrected chi connectivity index (χ2v) is 7.34. The Bertz CT molecular complexity index is 915. The topological polar surface area (TPSA) is 50.5 Å². The van der Waals surface area contributed by atoms with Gasteiger partial charge in [-0.3, -0.25) is 9.20 Å². The van der Waals surface area contributed by atoms with Crippen molar-refractivity contribution in [1.82, 2.24) is 19.5 Å². The second kappa shape index (κ2) is 7.91. The van der Waals surface area contributed by atoms with Crippen LogP contribution in [0.4, 0.5) is 0 Å². The fourth-order valence-corrected chi connectivity index (χ4v) is 3.90. The van der Waals surface area contributed by atoms with Crippen molar-refractivity contribution in [2.45, 2.75) is 44.9 Å². The Kier molecular flexibility index (Phi) is 5.19. The first-order chi connectivity index (χ1) is 13.2. The van der Waals surface area contributed by atoms with Gasteiger partial charge < -0.3 is 4.90 Å². The van der Waals surface area contributed by atoms with Crippen molar-refractivity contribution >= 4 is 11.6 Å². The summed E-state index contributed by atoms with van der Waals surface area (Å²) in [6.45, 7) is 3.74. The van der Waals surface area contributed by atoms with Gasteiger partial charge in [0.05, 0.1) is 0 Å². The highest BCUT2D eigenvalue weighted by atomic mass is 16.2.